The number of nitrogens with zero attached hydrogens (tertiary/aromatic N) is 3. The average molecular weight is 504 g/mol. The summed E-state index contributed by atoms with van der Waals surface area (Å²) in [5.74, 6) is 0.116. The van der Waals surface area contributed by atoms with Crippen LogP contribution in [-0.2, 0) is 15.9 Å². The maximum Gasteiger partial charge on any atom is 0.205 e. The fraction of sp³-hybridized carbons (Fsp3) is 0.259. The van der Waals surface area contributed by atoms with Crippen molar-refractivity contribution in [2.45, 2.75) is 37.1 Å². The summed E-state index contributed by atoms with van der Waals surface area (Å²) in [5, 5.41) is 45.3. The average Bonchev–Trinajstić information content (AvgIpc) is 3.39. The second kappa shape index (κ2) is 7.87. The Hall–Kier alpha value is -3.77. The summed E-state index contributed by atoms with van der Waals surface area (Å²) >= 11 is 5.99. The van der Waals surface area contributed by atoms with Crippen molar-refractivity contribution in [1.29, 1.82) is 5.26 Å². The van der Waals surface area contributed by atoms with E-state index in [1.165, 1.54) is 10.8 Å². The zero-order valence-electron chi connectivity index (χ0n) is 19.3. The van der Waals surface area contributed by atoms with Crippen molar-refractivity contribution < 1.29 is 24.8 Å². The Labute approximate surface area is 211 Å². The molecule has 4 heterocycles. The molecule has 3 atom stereocenters. The van der Waals surface area contributed by atoms with E-state index >= 15 is 0 Å². The smallest absolute Gasteiger partial charge is 0.205 e. The Bertz CT molecular complexity index is 1580. The number of rotatable bonds is 5. The van der Waals surface area contributed by atoms with Crippen LogP contribution in [0.5, 0.6) is 17.5 Å². The van der Waals surface area contributed by atoms with E-state index in [-0.39, 0.29) is 24.8 Å². The van der Waals surface area contributed by atoms with Gasteiger partial charge in [-0.15, -0.1) is 0 Å². The predicted octanol–water partition coefficient (Wildman–Crippen LogP) is 4.64. The van der Waals surface area contributed by atoms with Gasteiger partial charge in [0.2, 0.25) is 11.8 Å². The van der Waals surface area contributed by atoms with Crippen LogP contribution in [0.4, 0.5) is 0 Å². The molecule has 0 amide bonds. The van der Waals surface area contributed by atoms with Gasteiger partial charge in [-0.2, -0.15) is 5.26 Å². The first kappa shape index (κ1) is 22.7. The zero-order chi connectivity index (χ0) is 25.2. The maximum absolute atomic E-state index is 11.5. The number of ether oxygens (including phenoxy) is 2. The molecule has 0 aliphatic carbocycles. The van der Waals surface area contributed by atoms with Gasteiger partial charge in [-0.25, -0.2) is 0 Å². The van der Waals surface area contributed by atoms with Crippen LogP contribution in [0.2, 0.25) is 5.02 Å². The predicted molar refractivity (Wildman–Crippen MR) is 131 cm³/mol. The minimum atomic E-state index is -1.21. The highest BCUT2D eigenvalue weighted by molar-refractivity contribution is 6.30. The number of pyridine rings is 1. The minimum absolute atomic E-state index is 0.169. The van der Waals surface area contributed by atoms with Gasteiger partial charge < -0.3 is 24.8 Å². The quantitative estimate of drug-likeness (QED) is 0.363. The van der Waals surface area contributed by atoms with Gasteiger partial charge in [0.05, 0.1) is 52.4 Å². The van der Waals surface area contributed by atoms with Crippen LogP contribution < -0.4 is 4.74 Å². The van der Waals surface area contributed by atoms with E-state index in [9.17, 15) is 20.6 Å². The molecule has 2 aliphatic heterocycles. The topological polar surface area (TPSA) is 121 Å². The molecule has 8 nitrogen and oxygen atoms in total. The fourth-order valence-electron chi connectivity index (χ4n) is 5.73. The van der Waals surface area contributed by atoms with E-state index in [1.54, 1.807) is 31.3 Å². The van der Waals surface area contributed by atoms with Crippen LogP contribution in [0.25, 0.3) is 16.5 Å². The molecule has 9 heteroatoms. The second-order valence-electron chi connectivity index (χ2n) is 9.38. The van der Waals surface area contributed by atoms with E-state index in [4.69, 9.17) is 21.1 Å². The molecule has 36 heavy (non-hydrogen) atoms. The SMILES string of the molecule is C[C@]12O[C@](CCOc3cncc(Cl)c3)(C[C@@H]1O)c1c2c(O)n(-c2ccc(C#N)c3ccccc23)c1O. The van der Waals surface area contributed by atoms with Gasteiger partial charge in [0.25, 0.3) is 0 Å². The number of fused-ring (bicyclic) bond motifs is 6. The van der Waals surface area contributed by atoms with Gasteiger partial charge in [0, 0.05) is 35.9 Å². The van der Waals surface area contributed by atoms with Gasteiger partial charge in [-0.1, -0.05) is 35.9 Å². The third-order valence-corrected chi connectivity index (χ3v) is 7.56. The molecule has 0 saturated carbocycles. The summed E-state index contributed by atoms with van der Waals surface area (Å²) in [6.07, 6.45) is 2.71. The third-order valence-electron chi connectivity index (χ3n) is 7.36. The summed E-state index contributed by atoms with van der Waals surface area (Å²) in [7, 11) is 0. The number of aromatic hydroxyl groups is 2. The van der Waals surface area contributed by atoms with Crippen molar-refractivity contribution in [3.63, 3.8) is 0 Å². The molecule has 2 bridgehead atoms. The highest BCUT2D eigenvalue weighted by atomic mass is 35.5. The van der Waals surface area contributed by atoms with E-state index in [0.717, 1.165) is 0 Å². The van der Waals surface area contributed by atoms with Crippen LogP contribution >= 0.6 is 11.6 Å². The molecular formula is C27H22ClN3O5. The molecule has 2 aromatic carbocycles. The third kappa shape index (κ3) is 3.04. The van der Waals surface area contributed by atoms with Crippen LogP contribution in [0, 0.1) is 11.3 Å². The van der Waals surface area contributed by atoms with Gasteiger partial charge in [0.15, 0.2) is 0 Å². The molecule has 3 N–H and O–H groups in total. The van der Waals surface area contributed by atoms with Crippen molar-refractivity contribution in [3.05, 3.63) is 76.6 Å². The molecule has 182 valence electrons. The number of aromatic nitrogens is 2. The summed E-state index contributed by atoms with van der Waals surface area (Å²) in [6, 6.07) is 14.5. The second-order valence-corrected chi connectivity index (χ2v) is 9.82. The molecule has 6 rings (SSSR count). The van der Waals surface area contributed by atoms with Crippen LogP contribution in [0.3, 0.4) is 0 Å². The Morgan fingerprint density at radius 3 is 2.67 bits per heavy atom. The van der Waals surface area contributed by atoms with E-state index in [0.29, 0.717) is 50.3 Å². The Morgan fingerprint density at radius 1 is 1.17 bits per heavy atom. The van der Waals surface area contributed by atoms with Gasteiger partial charge in [0.1, 0.15) is 17.0 Å². The number of aliphatic hydroxyl groups excluding tert-OH is 1. The molecule has 1 fully saturated rings. The molecule has 0 unspecified atom stereocenters. The van der Waals surface area contributed by atoms with Crippen molar-refractivity contribution in [1.82, 2.24) is 9.55 Å². The molecule has 1 saturated heterocycles. The van der Waals surface area contributed by atoms with E-state index in [1.807, 2.05) is 24.3 Å². The molecule has 0 spiro atoms. The first-order valence-corrected chi connectivity index (χ1v) is 11.9. The van der Waals surface area contributed by atoms with Crippen molar-refractivity contribution in [2.24, 2.45) is 0 Å². The first-order chi connectivity index (χ1) is 17.3. The van der Waals surface area contributed by atoms with Crippen molar-refractivity contribution in [3.8, 4) is 29.3 Å². The van der Waals surface area contributed by atoms with Crippen molar-refractivity contribution in [2.75, 3.05) is 6.61 Å². The van der Waals surface area contributed by atoms with Crippen molar-refractivity contribution >= 4 is 22.4 Å². The molecule has 2 aromatic heterocycles. The highest BCUT2D eigenvalue weighted by Crippen LogP contribution is 2.65. The minimum Gasteiger partial charge on any atom is -0.494 e. The van der Waals surface area contributed by atoms with Gasteiger partial charge >= 0.3 is 0 Å². The van der Waals surface area contributed by atoms with Gasteiger partial charge in [-0.3, -0.25) is 9.55 Å². The lowest BCUT2D eigenvalue weighted by Gasteiger charge is -2.26. The van der Waals surface area contributed by atoms with Crippen LogP contribution in [0.1, 0.15) is 36.5 Å². The Morgan fingerprint density at radius 2 is 1.92 bits per heavy atom. The molecule has 2 aliphatic rings. The largest absolute Gasteiger partial charge is 0.494 e. The lowest BCUT2D eigenvalue weighted by molar-refractivity contribution is -0.107. The maximum atomic E-state index is 11.5. The summed E-state index contributed by atoms with van der Waals surface area (Å²) in [5.41, 5.74) is -0.469. The number of nitriles is 1. The Kier molecular flexibility index (Phi) is 4.96. The zero-order valence-corrected chi connectivity index (χ0v) is 20.0. The monoisotopic (exact) mass is 503 g/mol. The molecule has 4 aromatic rings. The van der Waals surface area contributed by atoms with E-state index < -0.39 is 17.3 Å². The normalized spacial score (nSPS) is 24.1. The van der Waals surface area contributed by atoms with Crippen LogP contribution in [-0.4, -0.2) is 37.6 Å². The van der Waals surface area contributed by atoms with E-state index in [2.05, 4.69) is 11.1 Å². The number of benzene rings is 2. The highest BCUT2D eigenvalue weighted by Gasteiger charge is 2.66. The lowest BCUT2D eigenvalue weighted by Crippen LogP contribution is -2.33. The Balaban J connectivity index is 1.46. The number of halogens is 1. The summed E-state index contributed by atoms with van der Waals surface area (Å²) in [6.45, 7) is 1.92. The molecular weight excluding hydrogens is 482 g/mol. The fourth-order valence-corrected chi connectivity index (χ4v) is 5.89. The summed E-state index contributed by atoms with van der Waals surface area (Å²) in [4.78, 5) is 4.01. The lowest BCUT2D eigenvalue weighted by atomic mass is 9.76. The number of aliphatic hydroxyl groups is 1. The number of hydrogen-bond acceptors (Lipinski definition) is 7. The van der Waals surface area contributed by atoms with Crippen LogP contribution in [0.15, 0.2) is 54.9 Å². The first-order valence-electron chi connectivity index (χ1n) is 11.5. The number of hydrogen-bond donors (Lipinski definition) is 3. The summed E-state index contributed by atoms with van der Waals surface area (Å²) < 4.78 is 13.6. The standard InChI is InChI=1S/C27H22ClN3O5/c1-26-21(32)11-27(36-26,8-9-35-17-10-16(28)13-30-14-17)23-22(26)24(33)31(25(23)34)20-7-6-15(12-29)18-4-2-3-5-19(18)20/h2-7,10,13-14,21,32-34H,8-9,11H2,1H3/t21-,26-,27+/m0/s1. The van der Waals surface area contributed by atoms with Gasteiger partial charge in [-0.05, 0) is 19.1 Å². The molecule has 0 radical (unpaired) electrons.